The molecule has 5 unspecified atom stereocenters. The zero-order valence-electron chi connectivity index (χ0n) is 12.7. The van der Waals surface area contributed by atoms with Crippen LogP contribution in [0.1, 0.15) is 19.3 Å². The Hall–Kier alpha value is -1.15. The fourth-order valence-electron chi connectivity index (χ4n) is 3.55. The number of hydrogen-bond donors (Lipinski definition) is 3. The summed E-state index contributed by atoms with van der Waals surface area (Å²) in [5, 5.41) is 16.3. The Labute approximate surface area is 130 Å². The van der Waals surface area contributed by atoms with Gasteiger partial charge in [-0.15, -0.1) is 6.58 Å². The first-order chi connectivity index (χ1) is 10.7. The van der Waals surface area contributed by atoms with E-state index in [1.807, 2.05) is 0 Å². The Morgan fingerprint density at radius 3 is 2.86 bits per heavy atom. The highest BCUT2D eigenvalue weighted by atomic mass is 16.7. The van der Waals surface area contributed by atoms with Gasteiger partial charge in [-0.3, -0.25) is 4.90 Å². The number of likely N-dealkylation sites (tertiary alicyclic amines) is 1. The summed E-state index contributed by atoms with van der Waals surface area (Å²) in [5.74, 6) is 0. The number of rotatable bonds is 4. The first kappa shape index (κ1) is 15.7. The van der Waals surface area contributed by atoms with Crippen molar-refractivity contribution in [2.24, 2.45) is 0 Å². The van der Waals surface area contributed by atoms with E-state index in [2.05, 4.69) is 22.1 Å². The second-order valence-electron chi connectivity index (χ2n) is 6.12. The van der Waals surface area contributed by atoms with E-state index in [1.165, 1.54) is 6.42 Å². The Bertz CT molecular complexity index is 414. The predicted molar refractivity (Wildman–Crippen MR) is 80.4 cm³/mol. The number of ether oxygens (including phenoxy) is 2. The van der Waals surface area contributed by atoms with Gasteiger partial charge in [0, 0.05) is 6.54 Å². The maximum atomic E-state index is 11.9. The van der Waals surface area contributed by atoms with Crippen LogP contribution in [0.2, 0.25) is 0 Å². The lowest BCUT2D eigenvalue weighted by atomic mass is 9.93. The Morgan fingerprint density at radius 1 is 1.36 bits per heavy atom. The van der Waals surface area contributed by atoms with Gasteiger partial charge in [0.1, 0.15) is 6.10 Å². The second kappa shape index (κ2) is 6.95. The highest BCUT2D eigenvalue weighted by Crippen LogP contribution is 2.32. The van der Waals surface area contributed by atoms with E-state index in [4.69, 9.17) is 9.47 Å². The van der Waals surface area contributed by atoms with Crippen LogP contribution in [0.3, 0.4) is 0 Å². The van der Waals surface area contributed by atoms with Crippen LogP contribution >= 0.6 is 0 Å². The minimum Gasteiger partial charge on any atom is -0.389 e. The Balaban J connectivity index is 1.67. The van der Waals surface area contributed by atoms with Gasteiger partial charge >= 0.3 is 6.03 Å². The summed E-state index contributed by atoms with van der Waals surface area (Å²) >= 11 is 0. The predicted octanol–water partition coefficient (Wildman–Crippen LogP) is -0.189. The number of carbonyl (C=O) groups is 1. The number of piperidine rings is 1. The minimum absolute atomic E-state index is 0.219. The normalized spacial score (nSPS) is 38.5. The van der Waals surface area contributed by atoms with Crippen molar-refractivity contribution in [2.45, 2.75) is 49.8 Å². The molecule has 0 saturated carbocycles. The molecule has 0 aromatic carbocycles. The zero-order valence-corrected chi connectivity index (χ0v) is 12.7. The molecule has 3 heterocycles. The topological polar surface area (TPSA) is 83.1 Å². The van der Waals surface area contributed by atoms with Crippen molar-refractivity contribution >= 4 is 6.03 Å². The van der Waals surface area contributed by atoms with Crippen molar-refractivity contribution in [3.05, 3.63) is 12.7 Å². The van der Waals surface area contributed by atoms with E-state index in [9.17, 15) is 9.90 Å². The molecule has 0 radical (unpaired) electrons. The molecule has 0 spiro atoms. The number of aliphatic hydroxyl groups is 1. The highest BCUT2D eigenvalue weighted by Gasteiger charge is 2.52. The van der Waals surface area contributed by atoms with Crippen LogP contribution < -0.4 is 10.6 Å². The van der Waals surface area contributed by atoms with Crippen molar-refractivity contribution in [3.8, 4) is 0 Å². The summed E-state index contributed by atoms with van der Waals surface area (Å²) in [6.45, 7) is 6.22. The van der Waals surface area contributed by atoms with E-state index in [0.717, 1.165) is 25.9 Å². The van der Waals surface area contributed by atoms with E-state index in [-0.39, 0.29) is 18.2 Å². The summed E-state index contributed by atoms with van der Waals surface area (Å²) in [7, 11) is 0. The number of hydrogen-bond acceptors (Lipinski definition) is 5. The maximum absolute atomic E-state index is 11.9. The van der Waals surface area contributed by atoms with Crippen molar-refractivity contribution in [3.63, 3.8) is 0 Å². The van der Waals surface area contributed by atoms with Gasteiger partial charge in [-0.1, -0.05) is 12.5 Å². The Kier molecular flexibility index (Phi) is 4.97. The second-order valence-corrected chi connectivity index (χ2v) is 6.12. The smallest absolute Gasteiger partial charge is 0.315 e. The molecule has 2 bridgehead atoms. The number of amides is 2. The maximum Gasteiger partial charge on any atom is 0.315 e. The highest BCUT2D eigenvalue weighted by molar-refractivity contribution is 5.74. The summed E-state index contributed by atoms with van der Waals surface area (Å²) in [6.07, 6.45) is 3.69. The number of nitrogens with one attached hydrogen (secondary N) is 2. The molecule has 0 aliphatic carbocycles. The molecular weight excluding hydrogens is 286 g/mol. The SMILES string of the molecule is C=CCNC(=O)NC1C2COC(O2)C(N2CCCCC2)C1O. The standard InChI is InChI=1S/C15H25N3O4/c1-2-6-16-15(20)17-11-10-9-21-14(22-10)12(13(11)19)18-7-4-3-5-8-18/h2,10-14,19H,1,3-9H2,(H2,16,17,20). The van der Waals surface area contributed by atoms with Crippen molar-refractivity contribution in [1.29, 1.82) is 0 Å². The van der Waals surface area contributed by atoms with E-state index >= 15 is 0 Å². The van der Waals surface area contributed by atoms with Crippen LogP contribution in [-0.2, 0) is 9.47 Å². The molecular formula is C15H25N3O4. The van der Waals surface area contributed by atoms with Crippen molar-refractivity contribution < 1.29 is 19.4 Å². The molecule has 5 atom stereocenters. The quantitative estimate of drug-likeness (QED) is 0.627. The van der Waals surface area contributed by atoms with Gasteiger partial charge in [-0.25, -0.2) is 4.79 Å². The van der Waals surface area contributed by atoms with E-state index in [1.54, 1.807) is 6.08 Å². The largest absolute Gasteiger partial charge is 0.389 e. The number of fused-ring (bicyclic) bond motifs is 2. The molecule has 124 valence electrons. The molecule has 2 amide bonds. The van der Waals surface area contributed by atoms with Gasteiger partial charge in [0.25, 0.3) is 0 Å². The van der Waals surface area contributed by atoms with Crippen LogP contribution in [0.25, 0.3) is 0 Å². The Morgan fingerprint density at radius 2 is 2.14 bits per heavy atom. The van der Waals surface area contributed by atoms with Crippen molar-refractivity contribution in [1.82, 2.24) is 15.5 Å². The molecule has 22 heavy (non-hydrogen) atoms. The monoisotopic (exact) mass is 311 g/mol. The van der Waals surface area contributed by atoms with Crippen LogP contribution in [0.15, 0.2) is 12.7 Å². The van der Waals surface area contributed by atoms with E-state index in [0.29, 0.717) is 13.2 Å². The van der Waals surface area contributed by atoms with Crippen LogP contribution in [-0.4, -0.2) is 72.9 Å². The summed E-state index contributed by atoms with van der Waals surface area (Å²) in [5.41, 5.74) is 0. The third-order valence-electron chi connectivity index (χ3n) is 4.65. The first-order valence-electron chi connectivity index (χ1n) is 8.05. The molecule has 3 fully saturated rings. The molecule has 3 saturated heterocycles. The summed E-state index contributed by atoms with van der Waals surface area (Å²) in [6, 6.07) is -1.01. The molecule has 3 rings (SSSR count). The molecule has 0 aromatic heterocycles. The summed E-state index contributed by atoms with van der Waals surface area (Å²) in [4.78, 5) is 14.1. The first-order valence-corrected chi connectivity index (χ1v) is 8.05. The van der Waals surface area contributed by atoms with E-state index < -0.39 is 18.4 Å². The lowest BCUT2D eigenvalue weighted by molar-refractivity contribution is -0.183. The third kappa shape index (κ3) is 3.12. The van der Waals surface area contributed by atoms with Gasteiger partial charge in [0.15, 0.2) is 6.29 Å². The van der Waals surface area contributed by atoms with Gasteiger partial charge in [-0.2, -0.15) is 0 Å². The minimum atomic E-state index is -0.696. The van der Waals surface area contributed by atoms with Crippen LogP contribution in [0, 0.1) is 0 Å². The van der Waals surface area contributed by atoms with Gasteiger partial charge < -0.3 is 25.2 Å². The third-order valence-corrected chi connectivity index (χ3v) is 4.65. The van der Waals surface area contributed by atoms with Crippen LogP contribution in [0.4, 0.5) is 4.79 Å². The molecule has 3 N–H and O–H groups in total. The fraction of sp³-hybridized carbons (Fsp3) is 0.800. The summed E-state index contributed by atoms with van der Waals surface area (Å²) < 4.78 is 11.6. The molecule has 7 nitrogen and oxygen atoms in total. The molecule has 0 aromatic rings. The lowest BCUT2D eigenvalue weighted by Gasteiger charge is -2.45. The van der Waals surface area contributed by atoms with Crippen LogP contribution in [0.5, 0.6) is 0 Å². The zero-order chi connectivity index (χ0) is 15.5. The van der Waals surface area contributed by atoms with Crippen molar-refractivity contribution in [2.75, 3.05) is 26.2 Å². The average molecular weight is 311 g/mol. The number of aliphatic hydroxyl groups excluding tert-OH is 1. The molecule has 7 heteroatoms. The van der Waals surface area contributed by atoms with Gasteiger partial charge in [-0.05, 0) is 25.9 Å². The number of urea groups is 1. The van der Waals surface area contributed by atoms with Gasteiger partial charge in [0.2, 0.25) is 0 Å². The molecule has 3 aliphatic rings. The fourth-order valence-corrected chi connectivity index (χ4v) is 3.55. The lowest BCUT2D eigenvalue weighted by Crippen LogP contribution is -2.66. The average Bonchev–Trinajstić information content (AvgIpc) is 2.96. The molecule has 3 aliphatic heterocycles. The van der Waals surface area contributed by atoms with Gasteiger partial charge in [0.05, 0.1) is 24.8 Å². The number of nitrogens with zero attached hydrogens (tertiary/aromatic N) is 1. The number of carbonyl (C=O) groups excluding carboxylic acids is 1.